The van der Waals surface area contributed by atoms with Gasteiger partial charge >= 0.3 is 11.9 Å². The first-order chi connectivity index (χ1) is 16.4. The molecule has 0 aromatic carbocycles. The van der Waals surface area contributed by atoms with Crippen molar-refractivity contribution in [3.05, 3.63) is 44.3 Å². The van der Waals surface area contributed by atoms with Crippen LogP contribution in [0, 0.1) is 18.3 Å². The van der Waals surface area contributed by atoms with Crippen molar-refractivity contribution in [3.8, 4) is 6.07 Å². The molecule has 3 heterocycles. The summed E-state index contributed by atoms with van der Waals surface area (Å²) < 4.78 is 16.1. The molecule has 0 bridgehead atoms. The molecule has 180 valence electrons. The number of thiophene rings is 1. The first kappa shape index (κ1) is 25.2. The predicted molar refractivity (Wildman–Crippen MR) is 128 cm³/mol. The van der Waals surface area contributed by atoms with Crippen LogP contribution >= 0.6 is 11.3 Å². The molecule has 1 aliphatic rings. The Kier molecular flexibility index (Phi) is 8.66. The van der Waals surface area contributed by atoms with Crippen molar-refractivity contribution in [1.82, 2.24) is 0 Å². The lowest BCUT2D eigenvalue weighted by atomic mass is 10.0. The number of anilines is 1. The van der Waals surface area contributed by atoms with Gasteiger partial charge in [-0.3, -0.25) is 4.79 Å². The number of rotatable bonds is 9. The lowest BCUT2D eigenvalue weighted by molar-refractivity contribution is -0.114. The largest absolute Gasteiger partial charge is 0.462 e. The summed E-state index contributed by atoms with van der Waals surface area (Å²) in [6.07, 6.45) is 4.59. The Morgan fingerprint density at radius 1 is 1.12 bits per heavy atom. The van der Waals surface area contributed by atoms with Crippen molar-refractivity contribution in [1.29, 1.82) is 5.26 Å². The van der Waals surface area contributed by atoms with Crippen molar-refractivity contribution < 1.29 is 28.3 Å². The molecule has 1 fully saturated rings. The van der Waals surface area contributed by atoms with E-state index in [0.29, 0.717) is 22.1 Å². The van der Waals surface area contributed by atoms with Gasteiger partial charge in [0, 0.05) is 36.5 Å². The summed E-state index contributed by atoms with van der Waals surface area (Å²) in [6.45, 7) is 7.15. The molecule has 8 nitrogen and oxygen atoms in total. The van der Waals surface area contributed by atoms with Crippen LogP contribution in [-0.2, 0) is 20.7 Å². The number of carbonyl (C=O) groups excluding carboxylic acids is 3. The maximum Gasteiger partial charge on any atom is 0.348 e. The number of hydrogen-bond acceptors (Lipinski definition) is 9. The van der Waals surface area contributed by atoms with Crippen LogP contribution in [0.5, 0.6) is 0 Å². The minimum Gasteiger partial charge on any atom is -0.462 e. The molecule has 0 saturated carbocycles. The van der Waals surface area contributed by atoms with Gasteiger partial charge in [0.1, 0.15) is 16.7 Å². The van der Waals surface area contributed by atoms with Gasteiger partial charge in [-0.25, -0.2) is 9.59 Å². The lowest BCUT2D eigenvalue weighted by Gasteiger charge is -2.25. The number of ketones is 1. The highest BCUT2D eigenvalue weighted by Crippen LogP contribution is 2.31. The van der Waals surface area contributed by atoms with E-state index in [1.165, 1.54) is 12.5 Å². The monoisotopic (exact) mass is 484 g/mol. The van der Waals surface area contributed by atoms with Crippen LogP contribution in [0.3, 0.4) is 0 Å². The molecule has 34 heavy (non-hydrogen) atoms. The fraction of sp³-hybridized carbons (Fsp3) is 0.440. The van der Waals surface area contributed by atoms with Gasteiger partial charge in [0.15, 0.2) is 11.7 Å². The van der Waals surface area contributed by atoms with Gasteiger partial charge < -0.3 is 18.8 Å². The van der Waals surface area contributed by atoms with Crippen molar-refractivity contribution >= 4 is 41.0 Å². The van der Waals surface area contributed by atoms with E-state index in [0.717, 1.165) is 37.3 Å². The van der Waals surface area contributed by atoms with Gasteiger partial charge in [-0.1, -0.05) is 0 Å². The molecule has 0 N–H and O–H groups in total. The molecule has 2 aromatic rings. The Bertz CT molecular complexity index is 1130. The summed E-state index contributed by atoms with van der Waals surface area (Å²) in [5.41, 5.74) is 0.480. The molecule has 0 radical (unpaired) electrons. The van der Waals surface area contributed by atoms with Crippen LogP contribution in [0.2, 0.25) is 0 Å². The minimum absolute atomic E-state index is 0.0990. The Labute approximate surface area is 202 Å². The second-order valence-electron chi connectivity index (χ2n) is 7.79. The number of furan rings is 1. The zero-order valence-electron chi connectivity index (χ0n) is 19.6. The topological polar surface area (TPSA) is 110 Å². The molecule has 1 aliphatic heterocycles. The Balaban J connectivity index is 1.86. The zero-order chi connectivity index (χ0) is 24.7. The van der Waals surface area contributed by atoms with E-state index in [1.807, 2.05) is 12.1 Å². The zero-order valence-corrected chi connectivity index (χ0v) is 20.5. The molecule has 2 aromatic heterocycles. The Morgan fingerprint density at radius 2 is 1.79 bits per heavy atom. The third-order valence-corrected chi connectivity index (χ3v) is 6.74. The standard InChI is InChI=1S/C25H28N2O6S/c1-4-31-24(29)22-16(3)23(25(30)32-5-2)34-20(22)14-19(28)17(15-26)13-18-9-10-21(33-18)27-11-7-6-8-12-27/h9-10,13H,4-8,11-12,14H2,1-3H3. The number of Topliss-reactive ketones (excluding diaryl/α,β-unsaturated/α-hetero) is 1. The molecule has 0 aliphatic carbocycles. The quantitative estimate of drug-likeness (QED) is 0.286. The van der Waals surface area contributed by atoms with E-state index in [-0.39, 0.29) is 35.6 Å². The van der Waals surface area contributed by atoms with Gasteiger partial charge in [0.05, 0.1) is 24.4 Å². The van der Waals surface area contributed by atoms with Gasteiger partial charge in [0.2, 0.25) is 0 Å². The summed E-state index contributed by atoms with van der Waals surface area (Å²) in [5.74, 6) is -0.542. The van der Waals surface area contributed by atoms with Crippen LogP contribution in [0.4, 0.5) is 5.88 Å². The molecular weight excluding hydrogens is 456 g/mol. The lowest BCUT2D eigenvalue weighted by Crippen LogP contribution is -2.28. The average Bonchev–Trinajstić information content (AvgIpc) is 3.42. The SMILES string of the molecule is CCOC(=O)c1sc(CC(=O)C(C#N)=Cc2ccc(N3CCCCC3)o2)c(C(=O)OCC)c1C. The fourth-order valence-electron chi connectivity index (χ4n) is 3.82. The average molecular weight is 485 g/mol. The first-order valence-electron chi connectivity index (χ1n) is 11.4. The number of nitriles is 1. The molecule has 0 unspecified atom stereocenters. The molecule has 9 heteroatoms. The van der Waals surface area contributed by atoms with Crippen LogP contribution in [0.15, 0.2) is 22.1 Å². The highest BCUT2D eigenvalue weighted by atomic mass is 32.1. The molecule has 3 rings (SSSR count). The highest BCUT2D eigenvalue weighted by molar-refractivity contribution is 7.14. The number of carbonyl (C=O) groups is 3. The van der Waals surface area contributed by atoms with E-state index in [4.69, 9.17) is 13.9 Å². The van der Waals surface area contributed by atoms with Crippen LogP contribution in [0.1, 0.15) is 69.3 Å². The van der Waals surface area contributed by atoms with Gasteiger partial charge in [0.25, 0.3) is 0 Å². The third kappa shape index (κ3) is 5.75. The van der Waals surface area contributed by atoms with Crippen LogP contribution in [-0.4, -0.2) is 44.0 Å². The number of allylic oxidation sites excluding steroid dienone is 1. The van der Waals surface area contributed by atoms with E-state index < -0.39 is 17.7 Å². The van der Waals surface area contributed by atoms with Crippen molar-refractivity contribution in [2.45, 2.75) is 46.5 Å². The Morgan fingerprint density at radius 3 is 2.44 bits per heavy atom. The van der Waals surface area contributed by atoms with E-state index >= 15 is 0 Å². The molecule has 0 spiro atoms. The Hall–Kier alpha value is -3.38. The normalized spacial score (nSPS) is 13.9. The summed E-state index contributed by atoms with van der Waals surface area (Å²) in [6, 6.07) is 5.50. The van der Waals surface area contributed by atoms with Crippen molar-refractivity contribution in [2.24, 2.45) is 0 Å². The number of ether oxygens (including phenoxy) is 2. The van der Waals surface area contributed by atoms with Gasteiger partial charge in [-0.15, -0.1) is 11.3 Å². The van der Waals surface area contributed by atoms with E-state index in [2.05, 4.69) is 4.90 Å². The van der Waals surface area contributed by atoms with Crippen molar-refractivity contribution in [3.63, 3.8) is 0 Å². The molecule has 1 saturated heterocycles. The van der Waals surface area contributed by atoms with Crippen LogP contribution in [0.25, 0.3) is 6.08 Å². The van der Waals surface area contributed by atoms with Gasteiger partial charge in [-0.2, -0.15) is 5.26 Å². The summed E-state index contributed by atoms with van der Waals surface area (Å²) >= 11 is 1.01. The number of hydrogen-bond donors (Lipinski definition) is 0. The maximum absolute atomic E-state index is 13.0. The second kappa shape index (κ2) is 11.7. The van der Waals surface area contributed by atoms with Crippen LogP contribution < -0.4 is 4.90 Å². The summed E-state index contributed by atoms with van der Waals surface area (Å²) in [5, 5.41) is 9.62. The summed E-state index contributed by atoms with van der Waals surface area (Å²) in [7, 11) is 0. The smallest absolute Gasteiger partial charge is 0.348 e. The molecule has 0 atom stereocenters. The number of nitrogens with zero attached hydrogens (tertiary/aromatic N) is 2. The minimum atomic E-state index is -0.616. The molecular formula is C25H28N2O6S. The second-order valence-corrected chi connectivity index (χ2v) is 8.89. The van der Waals surface area contributed by atoms with Gasteiger partial charge in [-0.05, 0) is 51.7 Å². The predicted octanol–water partition coefficient (Wildman–Crippen LogP) is 4.71. The highest BCUT2D eigenvalue weighted by Gasteiger charge is 2.28. The molecule has 0 amide bonds. The fourth-order valence-corrected chi connectivity index (χ4v) is 5.01. The number of esters is 2. The first-order valence-corrected chi connectivity index (χ1v) is 12.2. The summed E-state index contributed by atoms with van der Waals surface area (Å²) in [4.78, 5) is 40.6. The van der Waals surface area contributed by atoms with E-state index in [9.17, 15) is 19.6 Å². The van der Waals surface area contributed by atoms with Crippen molar-refractivity contribution in [2.75, 3.05) is 31.2 Å². The number of piperidine rings is 1. The third-order valence-electron chi connectivity index (χ3n) is 5.47. The van der Waals surface area contributed by atoms with E-state index in [1.54, 1.807) is 26.8 Å². The maximum atomic E-state index is 13.0.